The molecule has 1 rings (SSSR count). The highest BCUT2D eigenvalue weighted by Crippen LogP contribution is 2.16. The Labute approximate surface area is 52.0 Å². The molecular formula is C5H9F2NO. The topological polar surface area (TPSA) is 35.2 Å². The second-order valence-electron chi connectivity index (χ2n) is 2.10. The molecule has 1 aliphatic heterocycles. The van der Waals surface area contributed by atoms with Crippen molar-refractivity contribution in [1.82, 2.24) is 0 Å². The van der Waals surface area contributed by atoms with Gasteiger partial charge in [0.1, 0.15) is 6.17 Å². The number of halogens is 2. The summed E-state index contributed by atoms with van der Waals surface area (Å²) in [5.74, 6) is 0. The monoisotopic (exact) mass is 137 g/mol. The smallest absolute Gasteiger partial charge is 0.216 e. The lowest BCUT2D eigenvalue weighted by Crippen LogP contribution is -2.46. The second-order valence-corrected chi connectivity index (χ2v) is 2.10. The van der Waals surface area contributed by atoms with E-state index in [1.807, 2.05) is 0 Å². The summed E-state index contributed by atoms with van der Waals surface area (Å²) in [7, 11) is 0. The van der Waals surface area contributed by atoms with Crippen LogP contribution in [0, 0.1) is 0 Å². The summed E-state index contributed by atoms with van der Waals surface area (Å²) in [5, 5.41) is 0. The molecule has 0 aromatic heterocycles. The molecule has 2 nitrogen and oxygen atoms in total. The Morgan fingerprint density at radius 2 is 2.11 bits per heavy atom. The Kier molecular flexibility index (Phi) is 1.97. The highest BCUT2D eigenvalue weighted by molar-refractivity contribution is 4.78. The number of rotatable bonds is 0. The maximum atomic E-state index is 12.4. The summed E-state index contributed by atoms with van der Waals surface area (Å²) in [6, 6.07) is -1.08. The van der Waals surface area contributed by atoms with Crippen molar-refractivity contribution in [3.05, 3.63) is 0 Å². The van der Waals surface area contributed by atoms with Gasteiger partial charge in [0, 0.05) is 6.42 Å². The van der Waals surface area contributed by atoms with Gasteiger partial charge < -0.3 is 10.5 Å². The summed E-state index contributed by atoms with van der Waals surface area (Å²) < 4.78 is 29.1. The minimum absolute atomic E-state index is 0.135. The van der Waals surface area contributed by atoms with Crippen molar-refractivity contribution >= 4 is 0 Å². The van der Waals surface area contributed by atoms with E-state index in [4.69, 9.17) is 5.73 Å². The molecule has 0 aliphatic carbocycles. The fourth-order valence-corrected chi connectivity index (χ4v) is 0.761. The third kappa shape index (κ3) is 1.37. The lowest BCUT2D eigenvalue weighted by molar-refractivity contribution is -0.105. The van der Waals surface area contributed by atoms with Crippen molar-refractivity contribution in [2.45, 2.75) is 25.0 Å². The van der Waals surface area contributed by atoms with Crippen LogP contribution in [0.3, 0.4) is 0 Å². The van der Waals surface area contributed by atoms with Crippen molar-refractivity contribution in [3.63, 3.8) is 0 Å². The third-order valence-corrected chi connectivity index (χ3v) is 1.39. The van der Waals surface area contributed by atoms with Crippen molar-refractivity contribution < 1.29 is 13.5 Å². The Balaban J connectivity index is 2.41. The summed E-state index contributed by atoms with van der Waals surface area (Å²) >= 11 is 0. The van der Waals surface area contributed by atoms with E-state index in [1.165, 1.54) is 0 Å². The van der Waals surface area contributed by atoms with Crippen LogP contribution >= 0.6 is 0 Å². The fourth-order valence-electron chi connectivity index (χ4n) is 0.761. The molecular weight excluding hydrogens is 128 g/mol. The van der Waals surface area contributed by atoms with Gasteiger partial charge in [-0.15, -0.1) is 0 Å². The molecule has 0 aromatic rings. The van der Waals surface area contributed by atoms with E-state index in [9.17, 15) is 8.78 Å². The van der Waals surface area contributed by atoms with E-state index in [-0.39, 0.29) is 13.0 Å². The van der Waals surface area contributed by atoms with Gasteiger partial charge in [-0.2, -0.15) is 0 Å². The van der Waals surface area contributed by atoms with Crippen LogP contribution in [-0.2, 0) is 4.74 Å². The van der Waals surface area contributed by atoms with Gasteiger partial charge in [0.2, 0.25) is 6.36 Å². The van der Waals surface area contributed by atoms with Crippen LogP contribution in [0.1, 0.15) is 6.42 Å². The highest BCUT2D eigenvalue weighted by Gasteiger charge is 2.30. The van der Waals surface area contributed by atoms with E-state index in [2.05, 4.69) is 4.74 Å². The predicted molar refractivity (Wildman–Crippen MR) is 28.3 cm³/mol. The summed E-state index contributed by atoms with van der Waals surface area (Å²) in [4.78, 5) is 0. The SMILES string of the molecule is NC1C(F)CCOC1F. The minimum atomic E-state index is -1.62. The first-order valence-electron chi connectivity index (χ1n) is 2.87. The van der Waals surface area contributed by atoms with Gasteiger partial charge in [-0.05, 0) is 0 Å². The van der Waals surface area contributed by atoms with E-state index in [1.54, 1.807) is 0 Å². The zero-order valence-corrected chi connectivity index (χ0v) is 4.89. The molecule has 3 unspecified atom stereocenters. The fraction of sp³-hybridized carbons (Fsp3) is 1.00. The average molecular weight is 137 g/mol. The van der Waals surface area contributed by atoms with E-state index >= 15 is 0 Å². The van der Waals surface area contributed by atoms with Gasteiger partial charge in [0.25, 0.3) is 0 Å². The zero-order chi connectivity index (χ0) is 6.85. The number of ether oxygens (including phenoxy) is 1. The number of nitrogens with two attached hydrogens (primary N) is 1. The average Bonchev–Trinajstić information content (AvgIpc) is 1.83. The van der Waals surface area contributed by atoms with Crippen molar-refractivity contribution in [2.24, 2.45) is 5.73 Å². The molecule has 9 heavy (non-hydrogen) atoms. The van der Waals surface area contributed by atoms with Gasteiger partial charge in [-0.1, -0.05) is 0 Å². The van der Waals surface area contributed by atoms with Crippen molar-refractivity contribution in [1.29, 1.82) is 0 Å². The molecule has 0 saturated carbocycles. The molecule has 4 heteroatoms. The van der Waals surface area contributed by atoms with Crippen LogP contribution in [0.5, 0.6) is 0 Å². The minimum Gasteiger partial charge on any atom is -0.347 e. The van der Waals surface area contributed by atoms with E-state index in [0.717, 1.165) is 0 Å². The Bertz CT molecular complexity index is 91.0. The molecule has 0 bridgehead atoms. The number of hydrogen-bond acceptors (Lipinski definition) is 2. The predicted octanol–water partition coefficient (Wildman–Crippen LogP) is 0.368. The molecule has 0 aromatic carbocycles. The molecule has 2 N–H and O–H groups in total. The van der Waals surface area contributed by atoms with E-state index in [0.29, 0.717) is 0 Å². The van der Waals surface area contributed by atoms with Crippen LogP contribution in [0.2, 0.25) is 0 Å². The van der Waals surface area contributed by atoms with Crippen molar-refractivity contribution in [2.75, 3.05) is 6.61 Å². The van der Waals surface area contributed by atoms with Gasteiger partial charge in [-0.25, -0.2) is 8.78 Å². The summed E-state index contributed by atoms with van der Waals surface area (Å²) in [6.07, 6.45) is -2.65. The van der Waals surface area contributed by atoms with Crippen molar-refractivity contribution in [3.8, 4) is 0 Å². The molecule has 1 fully saturated rings. The van der Waals surface area contributed by atoms with Crippen LogP contribution in [-0.4, -0.2) is 25.2 Å². The van der Waals surface area contributed by atoms with Gasteiger partial charge in [0.15, 0.2) is 0 Å². The first-order valence-corrected chi connectivity index (χ1v) is 2.87. The maximum Gasteiger partial charge on any atom is 0.216 e. The van der Waals surface area contributed by atoms with Gasteiger partial charge in [0.05, 0.1) is 12.6 Å². The van der Waals surface area contributed by atoms with Crippen LogP contribution < -0.4 is 5.73 Å². The van der Waals surface area contributed by atoms with Crippen LogP contribution in [0.15, 0.2) is 0 Å². The zero-order valence-electron chi connectivity index (χ0n) is 4.89. The maximum absolute atomic E-state index is 12.4. The lowest BCUT2D eigenvalue weighted by Gasteiger charge is -2.25. The Morgan fingerprint density at radius 1 is 1.44 bits per heavy atom. The first kappa shape index (κ1) is 6.89. The van der Waals surface area contributed by atoms with E-state index < -0.39 is 18.6 Å². The lowest BCUT2D eigenvalue weighted by atomic mass is 10.1. The van der Waals surface area contributed by atoms with Gasteiger partial charge >= 0.3 is 0 Å². The van der Waals surface area contributed by atoms with Crippen LogP contribution in [0.4, 0.5) is 8.78 Å². The molecule has 1 heterocycles. The molecule has 54 valence electrons. The summed E-state index contributed by atoms with van der Waals surface area (Å²) in [6.45, 7) is 0.135. The molecule has 1 aliphatic rings. The second kappa shape index (κ2) is 2.58. The number of hydrogen-bond donors (Lipinski definition) is 1. The standard InChI is InChI=1S/C5H9F2NO/c6-3-1-2-9-5(7)4(3)8/h3-5H,1-2,8H2. The molecule has 3 atom stereocenters. The Hall–Kier alpha value is -0.220. The first-order chi connectivity index (χ1) is 4.22. The largest absolute Gasteiger partial charge is 0.347 e. The molecule has 0 radical (unpaired) electrons. The normalized spacial score (nSPS) is 45.0. The third-order valence-electron chi connectivity index (χ3n) is 1.39. The molecule has 0 amide bonds. The molecule has 1 saturated heterocycles. The quantitative estimate of drug-likeness (QED) is 0.523. The summed E-state index contributed by atoms with van der Waals surface area (Å²) in [5.41, 5.74) is 5.05. The molecule has 0 spiro atoms. The van der Waals surface area contributed by atoms with Crippen LogP contribution in [0.25, 0.3) is 0 Å². The number of alkyl halides is 2. The Morgan fingerprint density at radius 3 is 2.56 bits per heavy atom. The van der Waals surface area contributed by atoms with Gasteiger partial charge in [-0.3, -0.25) is 0 Å². The highest BCUT2D eigenvalue weighted by atomic mass is 19.2.